The predicted molar refractivity (Wildman–Crippen MR) is 89.9 cm³/mol. The molecule has 0 atom stereocenters. The molecule has 0 aliphatic heterocycles. The van der Waals surface area contributed by atoms with Crippen LogP contribution in [0.4, 0.5) is 0 Å². The first-order valence-electron chi connectivity index (χ1n) is 7.67. The molecule has 24 heavy (non-hydrogen) atoms. The highest BCUT2D eigenvalue weighted by atomic mass is 32.2. The Morgan fingerprint density at radius 3 is 2.00 bits per heavy atom. The Balaban J connectivity index is 3.13. The highest BCUT2D eigenvalue weighted by Gasteiger charge is 2.27. The van der Waals surface area contributed by atoms with Gasteiger partial charge in [-0.05, 0) is 37.6 Å². The van der Waals surface area contributed by atoms with Crippen molar-refractivity contribution in [3.05, 3.63) is 24.3 Å². The summed E-state index contributed by atoms with van der Waals surface area (Å²) in [7, 11) is -7.31. The van der Waals surface area contributed by atoms with Gasteiger partial charge in [-0.1, -0.05) is 13.8 Å². The van der Waals surface area contributed by atoms with E-state index in [4.69, 9.17) is 4.74 Å². The molecular weight excluding hydrogens is 354 g/mol. The largest absolute Gasteiger partial charge is 0.465 e. The van der Waals surface area contributed by atoms with E-state index in [1.165, 1.54) is 31.2 Å². The molecule has 0 amide bonds. The fraction of sp³-hybridized carbons (Fsp3) is 0.533. The van der Waals surface area contributed by atoms with Gasteiger partial charge in [-0.25, -0.2) is 16.8 Å². The van der Waals surface area contributed by atoms with Gasteiger partial charge in [-0.15, -0.1) is 0 Å². The standard InChI is InChI=1S/C15H23NO6S2/c1-4-11-16(12-15(17)22-5-2)24(20,21)14-9-7-13(8-10-14)23(18,19)6-3/h7-10H,4-6,11-12H2,1-3H3. The molecule has 0 bridgehead atoms. The molecule has 0 radical (unpaired) electrons. The summed E-state index contributed by atoms with van der Waals surface area (Å²) in [6.07, 6.45) is 0.529. The zero-order chi connectivity index (χ0) is 18.4. The quantitative estimate of drug-likeness (QED) is 0.604. The number of esters is 1. The third kappa shape index (κ3) is 5.02. The van der Waals surface area contributed by atoms with Gasteiger partial charge in [0.2, 0.25) is 10.0 Å². The van der Waals surface area contributed by atoms with Crippen molar-refractivity contribution in [3.63, 3.8) is 0 Å². The first-order chi connectivity index (χ1) is 11.2. The smallest absolute Gasteiger partial charge is 0.321 e. The molecule has 136 valence electrons. The minimum Gasteiger partial charge on any atom is -0.465 e. The molecule has 7 nitrogen and oxygen atoms in total. The number of benzene rings is 1. The van der Waals surface area contributed by atoms with Crippen LogP contribution in [-0.2, 0) is 29.4 Å². The summed E-state index contributed by atoms with van der Waals surface area (Å²) in [4.78, 5) is 11.6. The summed E-state index contributed by atoms with van der Waals surface area (Å²) in [5.74, 6) is -0.691. The van der Waals surface area contributed by atoms with Gasteiger partial charge >= 0.3 is 5.97 Å². The third-order valence-corrected chi connectivity index (χ3v) is 6.89. The maximum Gasteiger partial charge on any atom is 0.321 e. The van der Waals surface area contributed by atoms with Gasteiger partial charge in [0, 0.05) is 6.54 Å². The summed E-state index contributed by atoms with van der Waals surface area (Å²) < 4.78 is 54.8. The van der Waals surface area contributed by atoms with E-state index in [9.17, 15) is 21.6 Å². The first kappa shape index (κ1) is 20.6. The van der Waals surface area contributed by atoms with E-state index < -0.39 is 25.8 Å². The van der Waals surface area contributed by atoms with E-state index in [-0.39, 0.29) is 35.2 Å². The minimum atomic E-state index is -3.91. The van der Waals surface area contributed by atoms with Crippen molar-refractivity contribution < 1.29 is 26.4 Å². The molecule has 0 heterocycles. The minimum absolute atomic E-state index is 0.0599. The topological polar surface area (TPSA) is 97.8 Å². The van der Waals surface area contributed by atoms with Gasteiger partial charge < -0.3 is 4.74 Å². The molecule has 0 spiro atoms. The molecule has 0 unspecified atom stereocenters. The van der Waals surface area contributed by atoms with Crippen molar-refractivity contribution in [1.29, 1.82) is 0 Å². The Bertz CT molecular complexity index is 754. The second-order valence-corrected chi connectivity index (χ2v) is 9.23. The van der Waals surface area contributed by atoms with E-state index in [1.54, 1.807) is 13.8 Å². The summed E-state index contributed by atoms with van der Waals surface area (Å²) in [6.45, 7) is 4.91. The van der Waals surface area contributed by atoms with Gasteiger partial charge in [0.15, 0.2) is 9.84 Å². The number of rotatable bonds is 9. The van der Waals surface area contributed by atoms with E-state index in [0.29, 0.717) is 6.42 Å². The monoisotopic (exact) mass is 377 g/mol. The molecule has 1 aromatic rings. The van der Waals surface area contributed by atoms with E-state index in [2.05, 4.69) is 0 Å². The van der Waals surface area contributed by atoms with Gasteiger partial charge in [-0.3, -0.25) is 4.79 Å². The maximum absolute atomic E-state index is 12.7. The molecule has 0 aliphatic carbocycles. The fourth-order valence-corrected chi connectivity index (χ4v) is 4.38. The van der Waals surface area contributed by atoms with Crippen molar-refractivity contribution in [2.45, 2.75) is 37.0 Å². The molecule has 0 saturated heterocycles. The summed E-state index contributed by atoms with van der Waals surface area (Å²) in [5.41, 5.74) is 0. The summed E-state index contributed by atoms with van der Waals surface area (Å²) in [6, 6.07) is 5.01. The van der Waals surface area contributed by atoms with E-state index in [1.807, 2.05) is 0 Å². The molecule has 0 fully saturated rings. The van der Waals surface area contributed by atoms with Gasteiger partial charge in [-0.2, -0.15) is 4.31 Å². The Kier molecular flexibility index (Phi) is 7.37. The first-order valence-corrected chi connectivity index (χ1v) is 10.8. The zero-order valence-corrected chi connectivity index (χ0v) is 15.7. The Labute approximate surface area is 143 Å². The SMILES string of the molecule is CCCN(CC(=O)OCC)S(=O)(=O)c1ccc(S(=O)(=O)CC)cc1. The Morgan fingerprint density at radius 2 is 1.54 bits per heavy atom. The highest BCUT2D eigenvalue weighted by molar-refractivity contribution is 7.91. The number of hydrogen-bond donors (Lipinski definition) is 0. The van der Waals surface area contributed by atoms with Crippen molar-refractivity contribution in [2.75, 3.05) is 25.4 Å². The number of hydrogen-bond acceptors (Lipinski definition) is 6. The molecule has 0 saturated carbocycles. The number of nitrogens with zero attached hydrogens (tertiary/aromatic N) is 1. The van der Waals surface area contributed by atoms with Gasteiger partial charge in [0.05, 0.1) is 22.2 Å². The van der Waals surface area contributed by atoms with Gasteiger partial charge in [0.25, 0.3) is 0 Å². The molecule has 0 N–H and O–H groups in total. The lowest BCUT2D eigenvalue weighted by Gasteiger charge is -2.20. The van der Waals surface area contributed by atoms with Crippen molar-refractivity contribution in [3.8, 4) is 0 Å². The molecular formula is C15H23NO6S2. The lowest BCUT2D eigenvalue weighted by atomic mass is 10.4. The van der Waals surface area contributed by atoms with Crippen LogP contribution in [0.2, 0.25) is 0 Å². The van der Waals surface area contributed by atoms with Crippen LogP contribution in [0.5, 0.6) is 0 Å². The zero-order valence-electron chi connectivity index (χ0n) is 14.1. The molecule has 1 rings (SSSR count). The van der Waals surface area contributed by atoms with Crippen LogP contribution >= 0.6 is 0 Å². The Morgan fingerprint density at radius 1 is 1.00 bits per heavy atom. The maximum atomic E-state index is 12.7. The third-order valence-electron chi connectivity index (χ3n) is 3.28. The number of sulfone groups is 1. The average molecular weight is 377 g/mol. The van der Waals surface area contributed by atoms with Crippen LogP contribution in [0, 0.1) is 0 Å². The Hall–Kier alpha value is -1.45. The number of sulfonamides is 1. The number of carbonyl (C=O) groups excluding carboxylic acids is 1. The van der Waals surface area contributed by atoms with Crippen LogP contribution in [-0.4, -0.2) is 52.6 Å². The highest BCUT2D eigenvalue weighted by Crippen LogP contribution is 2.19. The number of ether oxygens (including phenoxy) is 1. The second kappa shape index (κ2) is 8.59. The predicted octanol–water partition coefficient (Wildman–Crippen LogP) is 1.44. The average Bonchev–Trinajstić information content (AvgIpc) is 2.54. The van der Waals surface area contributed by atoms with Crippen LogP contribution in [0.3, 0.4) is 0 Å². The van der Waals surface area contributed by atoms with E-state index in [0.717, 1.165) is 4.31 Å². The lowest BCUT2D eigenvalue weighted by molar-refractivity contribution is -0.143. The van der Waals surface area contributed by atoms with Crippen LogP contribution in [0.15, 0.2) is 34.1 Å². The van der Waals surface area contributed by atoms with Crippen LogP contribution in [0.1, 0.15) is 27.2 Å². The molecule has 0 aliphatic rings. The van der Waals surface area contributed by atoms with Crippen molar-refractivity contribution >= 4 is 25.8 Å². The lowest BCUT2D eigenvalue weighted by Crippen LogP contribution is -2.37. The molecule has 0 aromatic heterocycles. The van der Waals surface area contributed by atoms with E-state index >= 15 is 0 Å². The fourth-order valence-electron chi connectivity index (χ4n) is 2.02. The van der Waals surface area contributed by atoms with Crippen molar-refractivity contribution in [2.24, 2.45) is 0 Å². The second-order valence-electron chi connectivity index (χ2n) is 5.02. The van der Waals surface area contributed by atoms with Gasteiger partial charge in [0.1, 0.15) is 6.54 Å². The van der Waals surface area contributed by atoms with Crippen molar-refractivity contribution in [1.82, 2.24) is 4.31 Å². The molecule has 9 heteroatoms. The summed E-state index contributed by atoms with van der Waals surface area (Å²) >= 11 is 0. The normalized spacial score (nSPS) is 12.3. The number of carbonyl (C=O) groups is 1. The van der Waals surface area contributed by atoms with Crippen LogP contribution < -0.4 is 0 Å². The summed E-state index contributed by atoms with van der Waals surface area (Å²) in [5, 5.41) is 0. The molecule has 1 aromatic carbocycles. The van der Waals surface area contributed by atoms with Crippen LogP contribution in [0.25, 0.3) is 0 Å².